The van der Waals surface area contributed by atoms with Crippen molar-refractivity contribution in [2.45, 2.75) is 24.3 Å². The number of hydrogen-bond donors (Lipinski definition) is 2. The van der Waals surface area contributed by atoms with Gasteiger partial charge < -0.3 is 10.1 Å². The van der Waals surface area contributed by atoms with Gasteiger partial charge in [0.15, 0.2) is 0 Å². The van der Waals surface area contributed by atoms with Gasteiger partial charge in [-0.25, -0.2) is 13.1 Å². The van der Waals surface area contributed by atoms with Crippen LogP contribution in [0.3, 0.4) is 0 Å². The highest BCUT2D eigenvalue weighted by molar-refractivity contribution is 7.89. The van der Waals surface area contributed by atoms with Crippen molar-refractivity contribution >= 4 is 16.0 Å². The van der Waals surface area contributed by atoms with E-state index in [1.807, 2.05) is 13.0 Å². The second kappa shape index (κ2) is 7.37. The third-order valence-corrected chi connectivity index (χ3v) is 4.41. The Balaban J connectivity index is 2.79. The maximum atomic E-state index is 12.1. The Kier molecular flexibility index (Phi) is 6.12. The van der Waals surface area contributed by atoms with Crippen LogP contribution in [0.15, 0.2) is 29.2 Å². The Morgan fingerprint density at radius 3 is 2.70 bits per heavy atom. The lowest BCUT2D eigenvalue weighted by Crippen LogP contribution is -2.26. The van der Waals surface area contributed by atoms with Crippen molar-refractivity contribution in [3.63, 3.8) is 0 Å². The van der Waals surface area contributed by atoms with Crippen LogP contribution in [0.4, 0.5) is 0 Å². The van der Waals surface area contributed by atoms with Crippen molar-refractivity contribution in [3.8, 4) is 0 Å². The molecule has 0 aliphatic rings. The monoisotopic (exact) mass is 300 g/mol. The lowest BCUT2D eigenvalue weighted by atomic mass is 10.1. The predicted molar refractivity (Wildman–Crippen MR) is 75.7 cm³/mol. The molecular formula is C13H20N2O4S. The third kappa shape index (κ3) is 4.59. The molecular weight excluding hydrogens is 280 g/mol. The molecule has 1 unspecified atom stereocenters. The summed E-state index contributed by atoms with van der Waals surface area (Å²) in [4.78, 5) is 11.1. The largest absolute Gasteiger partial charge is 0.469 e. The first-order valence-corrected chi connectivity index (χ1v) is 7.72. The standard InChI is InChI=1S/C13H20N2O4S/c1-10(14-2)11-5-4-6-12(9-11)20(17,18)15-8-7-13(16)19-3/h4-6,9-10,14-15H,7-8H2,1-3H3. The van der Waals surface area contributed by atoms with Gasteiger partial charge in [-0.2, -0.15) is 0 Å². The molecule has 0 saturated carbocycles. The van der Waals surface area contributed by atoms with Gasteiger partial charge >= 0.3 is 5.97 Å². The smallest absolute Gasteiger partial charge is 0.306 e. The van der Waals surface area contributed by atoms with Crippen molar-refractivity contribution in [3.05, 3.63) is 29.8 Å². The summed E-state index contributed by atoms with van der Waals surface area (Å²) in [5.41, 5.74) is 0.878. The highest BCUT2D eigenvalue weighted by Crippen LogP contribution is 2.17. The zero-order valence-corrected chi connectivity index (χ0v) is 12.7. The van der Waals surface area contributed by atoms with Crippen molar-refractivity contribution in [1.29, 1.82) is 0 Å². The van der Waals surface area contributed by atoms with Crippen LogP contribution in [0.25, 0.3) is 0 Å². The fraction of sp³-hybridized carbons (Fsp3) is 0.462. The lowest BCUT2D eigenvalue weighted by Gasteiger charge is -2.12. The summed E-state index contributed by atoms with van der Waals surface area (Å²) >= 11 is 0. The van der Waals surface area contributed by atoms with E-state index in [9.17, 15) is 13.2 Å². The van der Waals surface area contributed by atoms with E-state index in [2.05, 4.69) is 14.8 Å². The fourth-order valence-corrected chi connectivity index (χ4v) is 2.68. The van der Waals surface area contributed by atoms with Crippen LogP contribution in [0, 0.1) is 0 Å². The predicted octanol–water partition coefficient (Wildman–Crippen LogP) is 0.808. The SMILES string of the molecule is CNC(C)c1cccc(S(=O)(=O)NCCC(=O)OC)c1. The molecule has 0 aliphatic carbocycles. The maximum absolute atomic E-state index is 12.1. The number of methoxy groups -OCH3 is 1. The molecule has 0 amide bonds. The number of ether oxygens (including phenoxy) is 1. The minimum Gasteiger partial charge on any atom is -0.469 e. The van der Waals surface area contributed by atoms with Gasteiger partial charge in [-0.3, -0.25) is 4.79 Å². The summed E-state index contributed by atoms with van der Waals surface area (Å²) in [5, 5.41) is 3.05. The van der Waals surface area contributed by atoms with Crippen molar-refractivity contribution in [2.75, 3.05) is 20.7 Å². The Morgan fingerprint density at radius 2 is 2.10 bits per heavy atom. The van der Waals surface area contributed by atoms with Gasteiger partial charge in [-0.1, -0.05) is 12.1 Å². The van der Waals surface area contributed by atoms with Crippen LogP contribution in [-0.2, 0) is 19.6 Å². The molecule has 20 heavy (non-hydrogen) atoms. The van der Waals surface area contributed by atoms with Gasteiger partial charge in [0, 0.05) is 12.6 Å². The molecule has 1 rings (SSSR count). The first kappa shape index (κ1) is 16.6. The number of nitrogens with one attached hydrogen (secondary N) is 2. The average Bonchev–Trinajstić information content (AvgIpc) is 2.46. The lowest BCUT2D eigenvalue weighted by molar-refractivity contribution is -0.140. The number of benzene rings is 1. The van der Waals surface area contributed by atoms with Gasteiger partial charge in [0.2, 0.25) is 10.0 Å². The minimum absolute atomic E-state index is 0.00232. The molecule has 7 heteroatoms. The summed E-state index contributed by atoms with van der Waals surface area (Å²) in [6, 6.07) is 6.74. The van der Waals surface area contributed by atoms with Crippen molar-refractivity contribution in [2.24, 2.45) is 0 Å². The molecule has 1 aromatic rings. The molecule has 0 aliphatic heterocycles. The van der Waals surface area contributed by atoms with E-state index in [0.717, 1.165) is 5.56 Å². The zero-order valence-electron chi connectivity index (χ0n) is 11.8. The van der Waals surface area contributed by atoms with Gasteiger partial charge in [0.05, 0.1) is 18.4 Å². The number of carbonyl (C=O) groups is 1. The summed E-state index contributed by atoms with van der Waals surface area (Å²) in [6.07, 6.45) is 0.00232. The minimum atomic E-state index is -3.61. The normalized spacial score (nSPS) is 12.9. The van der Waals surface area contributed by atoms with Gasteiger partial charge in [0.25, 0.3) is 0 Å². The Bertz CT molecular complexity index is 557. The average molecular weight is 300 g/mol. The van der Waals surface area contributed by atoms with E-state index in [1.165, 1.54) is 13.2 Å². The van der Waals surface area contributed by atoms with Crippen LogP contribution >= 0.6 is 0 Å². The van der Waals surface area contributed by atoms with Gasteiger partial charge in [-0.05, 0) is 31.7 Å². The summed E-state index contributed by atoms with van der Waals surface area (Å²) in [5.74, 6) is -0.453. The second-order valence-electron chi connectivity index (χ2n) is 4.31. The molecule has 112 valence electrons. The highest BCUT2D eigenvalue weighted by atomic mass is 32.2. The molecule has 0 fully saturated rings. The van der Waals surface area contributed by atoms with Crippen LogP contribution in [-0.4, -0.2) is 35.1 Å². The summed E-state index contributed by atoms with van der Waals surface area (Å²) < 4.78 is 31.0. The van der Waals surface area contributed by atoms with Crippen molar-refractivity contribution in [1.82, 2.24) is 10.0 Å². The molecule has 0 bridgehead atoms. The molecule has 2 N–H and O–H groups in total. The van der Waals surface area contributed by atoms with Crippen molar-refractivity contribution < 1.29 is 17.9 Å². The second-order valence-corrected chi connectivity index (χ2v) is 6.07. The van der Waals surface area contributed by atoms with E-state index >= 15 is 0 Å². The van der Waals surface area contributed by atoms with Crippen LogP contribution < -0.4 is 10.0 Å². The van der Waals surface area contributed by atoms with Crippen LogP contribution in [0.5, 0.6) is 0 Å². The number of rotatable bonds is 7. The molecule has 0 spiro atoms. The first-order valence-electron chi connectivity index (χ1n) is 6.24. The van der Waals surface area contributed by atoms with E-state index in [-0.39, 0.29) is 23.9 Å². The molecule has 0 saturated heterocycles. The number of hydrogen-bond acceptors (Lipinski definition) is 5. The summed E-state index contributed by atoms with van der Waals surface area (Å²) in [7, 11) is -0.545. The molecule has 1 atom stereocenters. The van der Waals surface area contributed by atoms with Gasteiger partial charge in [-0.15, -0.1) is 0 Å². The van der Waals surface area contributed by atoms with Crippen LogP contribution in [0.2, 0.25) is 0 Å². The molecule has 1 aromatic carbocycles. The highest BCUT2D eigenvalue weighted by Gasteiger charge is 2.15. The zero-order chi connectivity index (χ0) is 15.2. The van der Waals surface area contributed by atoms with E-state index in [0.29, 0.717) is 0 Å². The topological polar surface area (TPSA) is 84.5 Å². The summed E-state index contributed by atoms with van der Waals surface area (Å²) in [6.45, 7) is 1.96. The first-order chi connectivity index (χ1) is 9.40. The van der Waals surface area contributed by atoms with Gasteiger partial charge in [0.1, 0.15) is 0 Å². The van der Waals surface area contributed by atoms with E-state index < -0.39 is 16.0 Å². The Morgan fingerprint density at radius 1 is 1.40 bits per heavy atom. The quantitative estimate of drug-likeness (QED) is 0.728. The number of carbonyl (C=O) groups excluding carboxylic acids is 1. The molecule has 0 radical (unpaired) electrons. The van der Waals surface area contributed by atoms with E-state index in [4.69, 9.17) is 0 Å². The maximum Gasteiger partial charge on any atom is 0.306 e. The number of sulfonamides is 1. The van der Waals surface area contributed by atoms with Crippen LogP contribution in [0.1, 0.15) is 24.9 Å². The van der Waals surface area contributed by atoms with E-state index in [1.54, 1.807) is 19.2 Å². The molecule has 0 aromatic heterocycles. The number of esters is 1. The molecule has 0 heterocycles. The third-order valence-electron chi connectivity index (χ3n) is 2.95. The Labute approximate surface area is 119 Å². The fourth-order valence-electron chi connectivity index (χ4n) is 1.59. The Hall–Kier alpha value is -1.44. The molecule has 6 nitrogen and oxygen atoms in total.